The van der Waals surface area contributed by atoms with Crippen molar-refractivity contribution in [3.63, 3.8) is 0 Å². The molecule has 0 fully saturated rings. The Morgan fingerprint density at radius 2 is 1.79 bits per heavy atom. The van der Waals surface area contributed by atoms with Crippen LogP contribution in [0.1, 0.15) is 39.7 Å². The molecule has 0 saturated carbocycles. The van der Waals surface area contributed by atoms with Crippen molar-refractivity contribution in [2.75, 3.05) is 6.54 Å². The fourth-order valence-corrected chi connectivity index (χ4v) is 2.66. The molecule has 2 unspecified atom stereocenters. The van der Waals surface area contributed by atoms with Gasteiger partial charge in [-0.05, 0) is 50.3 Å². The number of rotatable bonds is 7. The van der Waals surface area contributed by atoms with Crippen molar-refractivity contribution in [3.8, 4) is 0 Å². The maximum Gasteiger partial charge on any atom is 0.0746 e. The van der Waals surface area contributed by atoms with Gasteiger partial charge in [-0.1, -0.05) is 41.9 Å². The highest BCUT2D eigenvalue weighted by molar-refractivity contribution is 9.10. The molecule has 0 radical (unpaired) electrons. The van der Waals surface area contributed by atoms with E-state index in [2.05, 4.69) is 66.3 Å². The Bertz CT molecular complexity index is 373. The number of halogens is 1. The molecule has 19 heavy (non-hydrogen) atoms. The molecule has 2 atom stereocenters. The van der Waals surface area contributed by atoms with Crippen molar-refractivity contribution >= 4 is 15.9 Å². The van der Waals surface area contributed by atoms with Gasteiger partial charge in [-0.15, -0.1) is 0 Å². The Balaban J connectivity index is 2.39. The summed E-state index contributed by atoms with van der Waals surface area (Å²) in [6, 6.07) is 8.76. The van der Waals surface area contributed by atoms with Crippen LogP contribution in [0.5, 0.6) is 0 Å². The molecular weight excluding hydrogens is 302 g/mol. The lowest BCUT2D eigenvalue weighted by atomic mass is 9.94. The topological polar surface area (TPSA) is 32.3 Å². The molecule has 0 bridgehead atoms. The summed E-state index contributed by atoms with van der Waals surface area (Å²) in [5.41, 5.74) is 0.689. The molecule has 0 aliphatic heterocycles. The van der Waals surface area contributed by atoms with E-state index in [-0.39, 0.29) is 0 Å². The van der Waals surface area contributed by atoms with Gasteiger partial charge in [0.2, 0.25) is 0 Å². The van der Waals surface area contributed by atoms with Crippen molar-refractivity contribution in [2.45, 2.75) is 52.2 Å². The van der Waals surface area contributed by atoms with Crippen LogP contribution in [-0.4, -0.2) is 23.3 Å². The van der Waals surface area contributed by atoms with E-state index in [1.54, 1.807) is 0 Å². The zero-order valence-corrected chi connectivity index (χ0v) is 14.0. The second-order valence-electron chi connectivity index (χ2n) is 6.21. The van der Waals surface area contributed by atoms with Gasteiger partial charge in [0.25, 0.3) is 0 Å². The number of hydrogen-bond donors (Lipinski definition) is 2. The van der Waals surface area contributed by atoms with Crippen LogP contribution in [0.15, 0.2) is 28.7 Å². The third-order valence-corrected chi connectivity index (χ3v) is 3.66. The maximum atomic E-state index is 10.3. The van der Waals surface area contributed by atoms with E-state index in [9.17, 15) is 5.11 Å². The standard InChI is InChI=1S/C16H26BrNO/c1-12(2)10-16(4,19)11-18-13(3)9-14-5-7-15(17)8-6-14/h5-8,12-13,18-19H,9-11H2,1-4H3. The normalized spacial score (nSPS) is 16.4. The first-order chi connectivity index (χ1) is 8.78. The molecule has 3 heteroatoms. The van der Waals surface area contributed by atoms with Crippen LogP contribution in [-0.2, 0) is 6.42 Å². The fourth-order valence-electron chi connectivity index (χ4n) is 2.39. The highest BCUT2D eigenvalue weighted by atomic mass is 79.9. The monoisotopic (exact) mass is 327 g/mol. The van der Waals surface area contributed by atoms with Gasteiger partial charge < -0.3 is 10.4 Å². The zero-order valence-electron chi connectivity index (χ0n) is 12.4. The number of benzene rings is 1. The SMILES string of the molecule is CC(C)CC(C)(O)CNC(C)Cc1ccc(Br)cc1. The predicted octanol–water partition coefficient (Wildman–Crippen LogP) is 3.77. The Kier molecular flexibility index (Phi) is 6.51. The highest BCUT2D eigenvalue weighted by Crippen LogP contribution is 2.16. The number of nitrogens with one attached hydrogen (secondary N) is 1. The van der Waals surface area contributed by atoms with E-state index >= 15 is 0 Å². The van der Waals surface area contributed by atoms with Crippen LogP contribution in [0.25, 0.3) is 0 Å². The lowest BCUT2D eigenvalue weighted by Gasteiger charge is -2.27. The third kappa shape index (κ3) is 7.09. The molecule has 108 valence electrons. The second kappa shape index (κ2) is 7.41. The van der Waals surface area contributed by atoms with E-state index in [1.807, 2.05) is 6.92 Å². The lowest BCUT2D eigenvalue weighted by Crippen LogP contribution is -2.43. The summed E-state index contributed by atoms with van der Waals surface area (Å²) in [6.07, 6.45) is 1.80. The third-order valence-electron chi connectivity index (χ3n) is 3.13. The minimum absolute atomic E-state index is 0.361. The molecule has 0 aliphatic rings. The van der Waals surface area contributed by atoms with Crippen LogP contribution < -0.4 is 5.32 Å². The minimum atomic E-state index is -0.623. The Morgan fingerprint density at radius 3 is 2.32 bits per heavy atom. The molecule has 2 nitrogen and oxygen atoms in total. The van der Waals surface area contributed by atoms with Crippen LogP contribution in [0.4, 0.5) is 0 Å². The van der Waals surface area contributed by atoms with E-state index in [1.165, 1.54) is 5.56 Å². The smallest absolute Gasteiger partial charge is 0.0746 e. The molecule has 0 heterocycles. The summed E-state index contributed by atoms with van der Waals surface area (Å²) in [5.74, 6) is 0.513. The number of aliphatic hydroxyl groups is 1. The highest BCUT2D eigenvalue weighted by Gasteiger charge is 2.22. The van der Waals surface area contributed by atoms with E-state index in [0.717, 1.165) is 17.3 Å². The summed E-state index contributed by atoms with van der Waals surface area (Å²) >= 11 is 3.44. The summed E-state index contributed by atoms with van der Waals surface area (Å²) in [6.45, 7) is 8.99. The first-order valence-electron chi connectivity index (χ1n) is 6.99. The lowest BCUT2D eigenvalue weighted by molar-refractivity contribution is 0.0364. The van der Waals surface area contributed by atoms with Crippen molar-refractivity contribution in [2.24, 2.45) is 5.92 Å². The van der Waals surface area contributed by atoms with E-state index in [0.29, 0.717) is 18.5 Å². The quantitative estimate of drug-likeness (QED) is 0.799. The molecule has 2 N–H and O–H groups in total. The molecule has 0 spiro atoms. The zero-order chi connectivity index (χ0) is 14.5. The van der Waals surface area contributed by atoms with Crippen molar-refractivity contribution < 1.29 is 5.11 Å². The molecule has 0 saturated heterocycles. The largest absolute Gasteiger partial charge is 0.389 e. The van der Waals surface area contributed by atoms with Gasteiger partial charge in [0.05, 0.1) is 5.60 Å². The average molecular weight is 328 g/mol. The van der Waals surface area contributed by atoms with E-state index in [4.69, 9.17) is 0 Å². The first kappa shape index (κ1) is 16.7. The average Bonchev–Trinajstić information content (AvgIpc) is 2.28. The Labute approximate surface area is 125 Å². The van der Waals surface area contributed by atoms with Crippen LogP contribution >= 0.6 is 15.9 Å². The van der Waals surface area contributed by atoms with Crippen molar-refractivity contribution in [1.29, 1.82) is 0 Å². The minimum Gasteiger partial charge on any atom is -0.389 e. The first-order valence-corrected chi connectivity index (χ1v) is 7.78. The van der Waals surface area contributed by atoms with Gasteiger partial charge in [-0.3, -0.25) is 0 Å². The van der Waals surface area contributed by atoms with E-state index < -0.39 is 5.60 Å². The number of hydrogen-bond acceptors (Lipinski definition) is 2. The molecule has 1 rings (SSSR count). The summed E-state index contributed by atoms with van der Waals surface area (Å²) < 4.78 is 1.11. The fraction of sp³-hybridized carbons (Fsp3) is 0.625. The molecular formula is C16H26BrNO. The second-order valence-corrected chi connectivity index (χ2v) is 7.12. The molecule has 0 aliphatic carbocycles. The summed E-state index contributed by atoms with van der Waals surface area (Å²) in [7, 11) is 0. The summed E-state index contributed by atoms with van der Waals surface area (Å²) in [4.78, 5) is 0. The molecule has 0 amide bonds. The maximum absolute atomic E-state index is 10.3. The Hall–Kier alpha value is -0.380. The van der Waals surface area contributed by atoms with Gasteiger partial charge in [0.15, 0.2) is 0 Å². The van der Waals surface area contributed by atoms with Gasteiger partial charge in [-0.25, -0.2) is 0 Å². The summed E-state index contributed by atoms with van der Waals surface area (Å²) in [5, 5.41) is 13.7. The van der Waals surface area contributed by atoms with Crippen molar-refractivity contribution in [3.05, 3.63) is 34.3 Å². The molecule has 1 aromatic rings. The van der Waals surface area contributed by atoms with Crippen LogP contribution in [0.3, 0.4) is 0 Å². The van der Waals surface area contributed by atoms with Crippen molar-refractivity contribution in [1.82, 2.24) is 5.32 Å². The van der Waals surface area contributed by atoms with Gasteiger partial charge in [-0.2, -0.15) is 0 Å². The molecule has 1 aromatic carbocycles. The Morgan fingerprint density at radius 1 is 1.21 bits per heavy atom. The van der Waals surface area contributed by atoms with Gasteiger partial charge >= 0.3 is 0 Å². The van der Waals surface area contributed by atoms with Gasteiger partial charge in [0.1, 0.15) is 0 Å². The molecule has 0 aromatic heterocycles. The van der Waals surface area contributed by atoms with Crippen LogP contribution in [0.2, 0.25) is 0 Å². The van der Waals surface area contributed by atoms with Crippen LogP contribution in [0, 0.1) is 5.92 Å². The predicted molar refractivity (Wildman–Crippen MR) is 85.4 cm³/mol. The van der Waals surface area contributed by atoms with Gasteiger partial charge in [0, 0.05) is 17.1 Å².